The van der Waals surface area contributed by atoms with Crippen molar-refractivity contribution in [2.45, 2.75) is 17.5 Å². The largest absolute Gasteiger partial charge is 0.396 e. The monoisotopic (exact) mass is 333 g/mol. The van der Waals surface area contributed by atoms with Gasteiger partial charge in [0, 0.05) is 26.0 Å². The molecule has 0 saturated carbocycles. The second-order valence-corrected chi connectivity index (χ2v) is 6.41. The quantitative estimate of drug-likeness (QED) is 0.776. The summed E-state index contributed by atoms with van der Waals surface area (Å²) in [4.78, 5) is 4.01. The lowest BCUT2D eigenvalue weighted by molar-refractivity contribution is 0.158. The maximum Gasteiger partial charge on any atom is 0.260 e. The van der Waals surface area contributed by atoms with E-state index in [2.05, 4.69) is 9.71 Å². The van der Waals surface area contributed by atoms with Crippen LogP contribution in [0.25, 0.3) is 5.65 Å². The van der Waals surface area contributed by atoms with Crippen molar-refractivity contribution >= 4 is 27.3 Å². The molecule has 0 aliphatic rings. The smallest absolute Gasteiger partial charge is 0.260 e. The van der Waals surface area contributed by atoms with Crippen molar-refractivity contribution in [3.63, 3.8) is 0 Å². The molecule has 116 valence electrons. The highest BCUT2D eigenvalue weighted by atomic mass is 35.5. The molecular weight excluding hydrogens is 318 g/mol. The van der Waals surface area contributed by atoms with Crippen LogP contribution in [0.15, 0.2) is 29.4 Å². The van der Waals surface area contributed by atoms with Gasteiger partial charge in [-0.1, -0.05) is 17.7 Å². The van der Waals surface area contributed by atoms with Gasteiger partial charge < -0.3 is 9.84 Å². The normalized spacial score (nSPS) is 13.7. The first kappa shape index (κ1) is 16.2. The number of pyridine rings is 1. The molecule has 0 radical (unpaired) electrons. The zero-order chi connectivity index (χ0) is 15.5. The lowest BCUT2D eigenvalue weighted by atomic mass is 10.2. The summed E-state index contributed by atoms with van der Waals surface area (Å²) in [5.41, 5.74) is 0.438. The van der Waals surface area contributed by atoms with Crippen LogP contribution in [0.4, 0.5) is 0 Å². The molecule has 0 bridgehead atoms. The number of hydrogen-bond donors (Lipinski definition) is 2. The molecule has 1 atom stereocenters. The van der Waals surface area contributed by atoms with Gasteiger partial charge in [0.2, 0.25) is 0 Å². The Morgan fingerprint density at radius 3 is 2.95 bits per heavy atom. The number of nitrogens with zero attached hydrogens (tertiary/aromatic N) is 2. The molecule has 7 nitrogen and oxygen atoms in total. The fourth-order valence-corrected chi connectivity index (χ4v) is 3.89. The molecular formula is C12H16ClN3O4S. The van der Waals surface area contributed by atoms with Crippen LogP contribution < -0.4 is 4.72 Å². The van der Waals surface area contributed by atoms with E-state index in [4.69, 9.17) is 21.4 Å². The van der Waals surface area contributed by atoms with Crippen LogP contribution >= 0.6 is 11.6 Å². The van der Waals surface area contributed by atoms with E-state index in [1.54, 1.807) is 24.4 Å². The number of rotatable bonds is 7. The molecule has 0 amide bonds. The first-order chi connectivity index (χ1) is 9.99. The summed E-state index contributed by atoms with van der Waals surface area (Å²) >= 11 is 5.96. The lowest BCUT2D eigenvalue weighted by Gasteiger charge is -2.16. The van der Waals surface area contributed by atoms with E-state index in [1.165, 1.54) is 11.5 Å². The third-order valence-electron chi connectivity index (χ3n) is 2.87. The zero-order valence-corrected chi connectivity index (χ0v) is 12.9. The van der Waals surface area contributed by atoms with Crippen molar-refractivity contribution in [1.82, 2.24) is 14.1 Å². The van der Waals surface area contributed by atoms with Gasteiger partial charge in [-0.25, -0.2) is 18.1 Å². The summed E-state index contributed by atoms with van der Waals surface area (Å²) in [5, 5.41) is 8.75. The van der Waals surface area contributed by atoms with E-state index in [1.807, 2.05) is 0 Å². The van der Waals surface area contributed by atoms with Crippen LogP contribution in [0.5, 0.6) is 0 Å². The fourth-order valence-electron chi connectivity index (χ4n) is 1.99. The molecule has 0 spiro atoms. The summed E-state index contributed by atoms with van der Waals surface area (Å²) in [6, 6.07) is 4.53. The molecule has 21 heavy (non-hydrogen) atoms. The van der Waals surface area contributed by atoms with Gasteiger partial charge in [-0.15, -0.1) is 0 Å². The Labute approximate surface area is 127 Å². The Hall–Kier alpha value is -1.19. The molecule has 1 unspecified atom stereocenters. The predicted molar refractivity (Wildman–Crippen MR) is 77.9 cm³/mol. The average Bonchev–Trinajstić information content (AvgIpc) is 2.75. The minimum Gasteiger partial charge on any atom is -0.396 e. The highest BCUT2D eigenvalue weighted by Crippen LogP contribution is 2.22. The Balaban J connectivity index is 2.39. The number of aromatic nitrogens is 2. The zero-order valence-electron chi connectivity index (χ0n) is 11.4. The molecule has 0 aliphatic carbocycles. The van der Waals surface area contributed by atoms with E-state index in [0.717, 1.165) is 0 Å². The minimum atomic E-state index is -3.89. The van der Waals surface area contributed by atoms with E-state index in [-0.39, 0.29) is 29.8 Å². The van der Waals surface area contributed by atoms with Gasteiger partial charge in [0.1, 0.15) is 5.65 Å². The van der Waals surface area contributed by atoms with Crippen molar-refractivity contribution < 1.29 is 18.3 Å². The number of hydrogen-bond acceptors (Lipinski definition) is 5. The van der Waals surface area contributed by atoms with Crippen molar-refractivity contribution in [3.05, 3.63) is 29.5 Å². The minimum absolute atomic E-state index is 0.103. The van der Waals surface area contributed by atoms with Crippen molar-refractivity contribution in [2.24, 2.45) is 0 Å². The molecule has 2 aromatic heterocycles. The Morgan fingerprint density at radius 1 is 1.52 bits per heavy atom. The molecule has 9 heteroatoms. The van der Waals surface area contributed by atoms with Crippen LogP contribution in [-0.4, -0.2) is 49.3 Å². The number of halogens is 1. The van der Waals surface area contributed by atoms with E-state index < -0.39 is 16.1 Å². The third-order valence-corrected chi connectivity index (χ3v) is 4.79. The van der Waals surface area contributed by atoms with Gasteiger partial charge >= 0.3 is 0 Å². The van der Waals surface area contributed by atoms with Crippen molar-refractivity contribution in [3.8, 4) is 0 Å². The maximum atomic E-state index is 12.5. The molecule has 2 aromatic rings. The van der Waals surface area contributed by atoms with Crippen molar-refractivity contribution in [1.29, 1.82) is 0 Å². The van der Waals surface area contributed by atoms with Crippen LogP contribution in [0, 0.1) is 0 Å². The van der Waals surface area contributed by atoms with Crippen LogP contribution in [0.1, 0.15) is 6.42 Å². The predicted octanol–water partition coefficient (Wildman–Crippen LogP) is 0.663. The summed E-state index contributed by atoms with van der Waals surface area (Å²) in [7, 11) is -2.43. The third kappa shape index (κ3) is 3.53. The summed E-state index contributed by atoms with van der Waals surface area (Å²) in [6.07, 6.45) is 1.81. The van der Waals surface area contributed by atoms with E-state index >= 15 is 0 Å². The molecule has 2 N–H and O–H groups in total. The first-order valence-electron chi connectivity index (χ1n) is 6.24. The molecule has 0 saturated heterocycles. The first-order valence-corrected chi connectivity index (χ1v) is 8.10. The van der Waals surface area contributed by atoms with Gasteiger partial charge in [0.15, 0.2) is 10.2 Å². The summed E-state index contributed by atoms with van der Waals surface area (Å²) < 4.78 is 33.8. The number of sulfonamides is 1. The second-order valence-electron chi connectivity index (χ2n) is 4.42. The number of ether oxygens (including phenoxy) is 1. The van der Waals surface area contributed by atoms with Crippen LogP contribution in [0.3, 0.4) is 0 Å². The Morgan fingerprint density at radius 2 is 2.29 bits per heavy atom. The van der Waals surface area contributed by atoms with E-state index in [9.17, 15) is 8.42 Å². The van der Waals surface area contributed by atoms with Crippen LogP contribution in [0.2, 0.25) is 5.15 Å². The maximum absolute atomic E-state index is 12.5. The molecule has 0 fully saturated rings. The Bertz CT molecular complexity index is 710. The second kappa shape index (κ2) is 6.71. The molecule has 2 heterocycles. The van der Waals surface area contributed by atoms with E-state index in [0.29, 0.717) is 5.65 Å². The Kier molecular flexibility index (Phi) is 5.17. The fraction of sp³-hybridized carbons (Fsp3) is 0.417. The van der Waals surface area contributed by atoms with Gasteiger partial charge in [0.05, 0.1) is 6.61 Å². The van der Waals surface area contributed by atoms with Gasteiger partial charge in [-0.3, -0.25) is 4.40 Å². The van der Waals surface area contributed by atoms with Gasteiger partial charge in [0.25, 0.3) is 10.0 Å². The standard InChI is InChI=1S/C12H16ClN3O4S/c1-20-8-9(5-7-17)15-21(18,19)12-11(13)14-10-4-2-3-6-16(10)12/h2-4,6,9,15,17H,5,7-8H2,1H3. The molecule has 0 aromatic carbocycles. The summed E-state index contributed by atoms with van der Waals surface area (Å²) in [5.74, 6) is 0. The molecule has 2 rings (SSSR count). The number of nitrogens with one attached hydrogen (secondary N) is 1. The highest BCUT2D eigenvalue weighted by Gasteiger charge is 2.27. The SMILES string of the molecule is COCC(CCO)NS(=O)(=O)c1c(Cl)nc2ccccn12. The number of imidazole rings is 1. The number of fused-ring (bicyclic) bond motifs is 1. The number of aliphatic hydroxyl groups is 1. The highest BCUT2D eigenvalue weighted by molar-refractivity contribution is 7.89. The van der Waals surface area contributed by atoms with Gasteiger partial charge in [-0.05, 0) is 18.6 Å². The van der Waals surface area contributed by atoms with Gasteiger partial charge in [-0.2, -0.15) is 0 Å². The average molecular weight is 334 g/mol. The molecule has 0 aliphatic heterocycles. The lowest BCUT2D eigenvalue weighted by Crippen LogP contribution is -2.39. The number of methoxy groups -OCH3 is 1. The van der Waals surface area contributed by atoms with Crippen LogP contribution in [-0.2, 0) is 14.8 Å². The topological polar surface area (TPSA) is 92.9 Å². The number of aliphatic hydroxyl groups excluding tert-OH is 1. The summed E-state index contributed by atoms with van der Waals surface area (Å²) in [6.45, 7) is -0.00836. The van der Waals surface area contributed by atoms with Crippen molar-refractivity contribution in [2.75, 3.05) is 20.3 Å².